The van der Waals surface area contributed by atoms with Crippen molar-refractivity contribution in [3.63, 3.8) is 0 Å². The first-order chi connectivity index (χ1) is 10.4. The largest absolute Gasteiger partial charge is 0.423 e. The Morgan fingerprint density at radius 1 is 1.05 bits per heavy atom. The molecule has 0 saturated heterocycles. The number of hydrogen-bond acceptors (Lipinski definition) is 2. The average molecular weight is 294 g/mol. The fourth-order valence-electron chi connectivity index (χ4n) is 2.35. The van der Waals surface area contributed by atoms with Crippen LogP contribution in [0, 0.1) is 27.7 Å². The summed E-state index contributed by atoms with van der Waals surface area (Å²) in [6.07, 6.45) is 6.02. The summed E-state index contributed by atoms with van der Waals surface area (Å²) in [6.45, 7) is 10.3. The Balaban J connectivity index is 2.28. The lowest BCUT2D eigenvalue weighted by Gasteiger charge is -2.07. The van der Waals surface area contributed by atoms with Crippen LogP contribution < -0.4 is 5.63 Å². The molecule has 2 nitrogen and oxygen atoms in total. The standard InChI is InChI=1S/C20H22O2/c1-13(10-19-11-14(2)12-20(21)22-19)6-8-18-9-7-15(3)16(4)17(18)5/h6-12H,1-5H3/b8-6+,13-10-. The highest BCUT2D eigenvalue weighted by atomic mass is 16.4. The van der Waals surface area contributed by atoms with E-state index in [0.29, 0.717) is 5.76 Å². The highest BCUT2D eigenvalue weighted by Gasteiger charge is 2.01. The maximum absolute atomic E-state index is 11.4. The van der Waals surface area contributed by atoms with Gasteiger partial charge >= 0.3 is 5.63 Å². The third-order valence-electron chi connectivity index (χ3n) is 3.93. The van der Waals surface area contributed by atoms with Gasteiger partial charge in [0.05, 0.1) is 0 Å². The van der Waals surface area contributed by atoms with Gasteiger partial charge in [-0.25, -0.2) is 4.79 Å². The molecule has 0 bridgehead atoms. The monoisotopic (exact) mass is 294 g/mol. The van der Waals surface area contributed by atoms with Crippen molar-refractivity contribution in [2.45, 2.75) is 34.6 Å². The van der Waals surface area contributed by atoms with Gasteiger partial charge in [-0.15, -0.1) is 0 Å². The first-order valence-electron chi connectivity index (χ1n) is 7.42. The molecule has 0 N–H and O–H groups in total. The molecule has 0 atom stereocenters. The fourth-order valence-corrected chi connectivity index (χ4v) is 2.35. The predicted octanol–water partition coefficient (Wildman–Crippen LogP) is 4.99. The molecule has 0 fully saturated rings. The zero-order chi connectivity index (χ0) is 16.3. The van der Waals surface area contributed by atoms with Crippen molar-refractivity contribution < 1.29 is 4.42 Å². The van der Waals surface area contributed by atoms with E-state index in [1.54, 1.807) is 0 Å². The smallest absolute Gasteiger partial charge is 0.336 e. The normalized spacial score (nSPS) is 12.1. The number of hydrogen-bond donors (Lipinski definition) is 0. The van der Waals surface area contributed by atoms with Gasteiger partial charge in [-0.05, 0) is 80.2 Å². The van der Waals surface area contributed by atoms with Gasteiger partial charge in [-0.2, -0.15) is 0 Å². The van der Waals surface area contributed by atoms with E-state index >= 15 is 0 Å². The second-order valence-electron chi connectivity index (χ2n) is 5.80. The van der Waals surface area contributed by atoms with E-state index in [4.69, 9.17) is 4.42 Å². The molecule has 114 valence electrons. The third kappa shape index (κ3) is 3.85. The molecule has 0 spiro atoms. The molecule has 0 radical (unpaired) electrons. The van der Waals surface area contributed by atoms with E-state index < -0.39 is 0 Å². The molecule has 1 heterocycles. The maximum atomic E-state index is 11.4. The summed E-state index contributed by atoms with van der Waals surface area (Å²) >= 11 is 0. The molecule has 0 aliphatic carbocycles. The summed E-state index contributed by atoms with van der Waals surface area (Å²) in [5.74, 6) is 0.587. The number of benzene rings is 1. The Kier molecular flexibility index (Phi) is 4.81. The minimum absolute atomic E-state index is 0.312. The van der Waals surface area contributed by atoms with Gasteiger partial charge in [-0.3, -0.25) is 0 Å². The van der Waals surface area contributed by atoms with E-state index in [1.807, 2.05) is 32.1 Å². The van der Waals surface area contributed by atoms with Crippen LogP contribution in [-0.2, 0) is 0 Å². The van der Waals surface area contributed by atoms with Crippen LogP contribution in [0.4, 0.5) is 0 Å². The summed E-state index contributed by atoms with van der Waals surface area (Å²) in [5, 5.41) is 0. The Labute approximate surface area is 131 Å². The van der Waals surface area contributed by atoms with Gasteiger partial charge < -0.3 is 4.42 Å². The number of aryl methyl sites for hydroxylation is 2. The van der Waals surface area contributed by atoms with Crippen LogP contribution in [0.3, 0.4) is 0 Å². The SMILES string of the molecule is CC(=C/c1cc(C)cc(=O)o1)/C=C/c1ccc(C)c(C)c1C. The van der Waals surface area contributed by atoms with Crippen LogP contribution in [0.5, 0.6) is 0 Å². The highest BCUT2D eigenvalue weighted by Crippen LogP contribution is 2.19. The van der Waals surface area contributed by atoms with Gasteiger partial charge in [0.25, 0.3) is 0 Å². The fraction of sp³-hybridized carbons (Fsp3) is 0.250. The van der Waals surface area contributed by atoms with Gasteiger partial charge in [0.15, 0.2) is 0 Å². The molecule has 0 aliphatic rings. The molecule has 2 rings (SSSR count). The topological polar surface area (TPSA) is 30.2 Å². The summed E-state index contributed by atoms with van der Waals surface area (Å²) in [6, 6.07) is 7.62. The Hall–Kier alpha value is -2.35. The lowest BCUT2D eigenvalue weighted by atomic mass is 9.98. The summed E-state index contributed by atoms with van der Waals surface area (Å²) in [5.41, 5.74) is 6.77. The molecule has 0 amide bonds. The van der Waals surface area contributed by atoms with Crippen LogP contribution in [0.25, 0.3) is 12.2 Å². The van der Waals surface area contributed by atoms with Crippen LogP contribution >= 0.6 is 0 Å². The van der Waals surface area contributed by atoms with Crippen molar-refractivity contribution in [1.29, 1.82) is 0 Å². The molecule has 1 aromatic heterocycles. The maximum Gasteiger partial charge on any atom is 0.336 e. The zero-order valence-electron chi connectivity index (χ0n) is 13.9. The quantitative estimate of drug-likeness (QED) is 0.746. The second kappa shape index (κ2) is 6.61. The predicted molar refractivity (Wildman–Crippen MR) is 93.1 cm³/mol. The van der Waals surface area contributed by atoms with Crippen molar-refractivity contribution in [1.82, 2.24) is 0 Å². The van der Waals surface area contributed by atoms with Crippen LogP contribution in [0.2, 0.25) is 0 Å². The van der Waals surface area contributed by atoms with Crippen LogP contribution in [0.1, 0.15) is 40.5 Å². The summed E-state index contributed by atoms with van der Waals surface area (Å²) in [7, 11) is 0. The minimum atomic E-state index is -0.312. The summed E-state index contributed by atoms with van der Waals surface area (Å²) in [4.78, 5) is 11.4. The van der Waals surface area contributed by atoms with Crippen molar-refractivity contribution in [2.75, 3.05) is 0 Å². The van der Waals surface area contributed by atoms with Crippen LogP contribution in [-0.4, -0.2) is 0 Å². The average Bonchev–Trinajstić information content (AvgIpc) is 2.43. The number of allylic oxidation sites excluding steroid dienone is 2. The summed E-state index contributed by atoms with van der Waals surface area (Å²) < 4.78 is 5.17. The van der Waals surface area contributed by atoms with E-state index in [9.17, 15) is 4.79 Å². The first kappa shape index (κ1) is 16.0. The molecule has 0 saturated carbocycles. The molecular formula is C20H22O2. The van der Waals surface area contributed by atoms with Crippen molar-refractivity contribution in [3.05, 3.63) is 79.9 Å². The van der Waals surface area contributed by atoms with Crippen LogP contribution in [0.15, 0.2) is 45.1 Å². The van der Waals surface area contributed by atoms with Gasteiger partial charge in [-0.1, -0.05) is 24.3 Å². The van der Waals surface area contributed by atoms with E-state index in [1.165, 1.54) is 28.3 Å². The molecule has 2 heteroatoms. The van der Waals surface area contributed by atoms with Crippen molar-refractivity contribution in [3.8, 4) is 0 Å². The first-order valence-corrected chi connectivity index (χ1v) is 7.42. The Bertz CT molecular complexity index is 805. The zero-order valence-corrected chi connectivity index (χ0v) is 13.9. The van der Waals surface area contributed by atoms with E-state index in [-0.39, 0.29) is 5.63 Å². The second-order valence-corrected chi connectivity index (χ2v) is 5.80. The molecule has 0 unspecified atom stereocenters. The van der Waals surface area contributed by atoms with E-state index in [0.717, 1.165) is 11.1 Å². The number of rotatable bonds is 3. The molecule has 2 aromatic rings. The lowest BCUT2D eigenvalue weighted by molar-refractivity contribution is 0.499. The minimum Gasteiger partial charge on any atom is -0.423 e. The van der Waals surface area contributed by atoms with Gasteiger partial charge in [0.1, 0.15) is 5.76 Å². The molecular weight excluding hydrogens is 272 g/mol. The molecule has 22 heavy (non-hydrogen) atoms. The van der Waals surface area contributed by atoms with Gasteiger partial charge in [0.2, 0.25) is 0 Å². The lowest BCUT2D eigenvalue weighted by Crippen LogP contribution is -1.98. The Morgan fingerprint density at radius 3 is 2.45 bits per heavy atom. The van der Waals surface area contributed by atoms with Crippen molar-refractivity contribution >= 4 is 12.2 Å². The van der Waals surface area contributed by atoms with Gasteiger partial charge in [0, 0.05) is 6.07 Å². The Morgan fingerprint density at radius 2 is 1.77 bits per heavy atom. The van der Waals surface area contributed by atoms with E-state index in [2.05, 4.69) is 39.0 Å². The van der Waals surface area contributed by atoms with Crippen molar-refractivity contribution in [2.24, 2.45) is 0 Å². The molecule has 0 aliphatic heterocycles. The molecule has 1 aromatic carbocycles. The highest BCUT2D eigenvalue weighted by molar-refractivity contribution is 5.62. The third-order valence-corrected chi connectivity index (χ3v) is 3.93.